The van der Waals surface area contributed by atoms with Crippen molar-refractivity contribution in [2.45, 2.75) is 128 Å². The van der Waals surface area contributed by atoms with E-state index in [0.29, 0.717) is 0 Å². The lowest BCUT2D eigenvalue weighted by Crippen LogP contribution is -2.57. The monoisotopic (exact) mass is 327 g/mol. The van der Waals surface area contributed by atoms with Gasteiger partial charge in [-0.3, -0.25) is 0 Å². The van der Waals surface area contributed by atoms with Crippen LogP contribution in [0.15, 0.2) is 0 Å². The van der Waals surface area contributed by atoms with Crippen molar-refractivity contribution in [2.75, 3.05) is 0 Å². The molecule has 0 heterocycles. The second-order valence-electron chi connectivity index (χ2n) is 7.52. The summed E-state index contributed by atoms with van der Waals surface area (Å²) in [6.45, 7) is 2.29. The molecule has 6 N–H and O–H groups in total. The van der Waals surface area contributed by atoms with Gasteiger partial charge < -0.3 is 17.2 Å². The van der Waals surface area contributed by atoms with Crippen LogP contribution in [0, 0.1) is 0 Å². The minimum absolute atomic E-state index is 0.728. The molecule has 0 saturated carbocycles. The van der Waals surface area contributed by atoms with E-state index in [4.69, 9.17) is 17.2 Å². The van der Waals surface area contributed by atoms with Crippen molar-refractivity contribution in [1.82, 2.24) is 0 Å². The number of unbranched alkanes of at least 4 members (excludes halogenated alkanes) is 16. The van der Waals surface area contributed by atoms with E-state index in [1.807, 2.05) is 0 Å². The molecule has 0 amide bonds. The maximum atomic E-state index is 5.56. The van der Waals surface area contributed by atoms with Crippen LogP contribution in [-0.4, -0.2) is 5.79 Å². The highest BCUT2D eigenvalue weighted by Gasteiger charge is 2.09. The fourth-order valence-corrected chi connectivity index (χ4v) is 3.16. The molecule has 0 aromatic rings. The van der Waals surface area contributed by atoms with Gasteiger partial charge in [0.2, 0.25) is 0 Å². The topological polar surface area (TPSA) is 78.1 Å². The third-order valence-corrected chi connectivity index (χ3v) is 4.71. The summed E-state index contributed by atoms with van der Waals surface area (Å²) in [5, 5.41) is 0. The highest BCUT2D eigenvalue weighted by molar-refractivity contribution is 4.66. The first-order valence-electron chi connectivity index (χ1n) is 10.4. The molecule has 23 heavy (non-hydrogen) atoms. The molecular weight excluding hydrogens is 282 g/mol. The second kappa shape index (κ2) is 16.7. The van der Waals surface area contributed by atoms with Crippen molar-refractivity contribution < 1.29 is 0 Å². The zero-order valence-corrected chi connectivity index (χ0v) is 16.0. The summed E-state index contributed by atoms with van der Waals surface area (Å²) in [5.74, 6) is -0.963. The number of nitrogens with two attached hydrogens (primary N) is 3. The molecule has 0 fully saturated rings. The molecule has 0 unspecified atom stereocenters. The van der Waals surface area contributed by atoms with Gasteiger partial charge in [-0.1, -0.05) is 110 Å². The maximum absolute atomic E-state index is 5.56. The molecule has 0 aromatic heterocycles. The van der Waals surface area contributed by atoms with Crippen molar-refractivity contribution >= 4 is 0 Å². The van der Waals surface area contributed by atoms with Gasteiger partial charge >= 0.3 is 0 Å². The molecule has 0 atom stereocenters. The quantitative estimate of drug-likeness (QED) is 0.228. The lowest BCUT2D eigenvalue weighted by atomic mass is 10.0. The fraction of sp³-hybridized carbons (Fsp3) is 1.00. The molecule has 0 aliphatic carbocycles. The number of hydrogen-bond acceptors (Lipinski definition) is 3. The largest absolute Gasteiger partial charge is 0.301 e. The van der Waals surface area contributed by atoms with Crippen molar-refractivity contribution in [3.05, 3.63) is 0 Å². The molecule has 3 heteroatoms. The van der Waals surface area contributed by atoms with Crippen LogP contribution in [-0.2, 0) is 0 Å². The van der Waals surface area contributed by atoms with E-state index in [2.05, 4.69) is 6.92 Å². The summed E-state index contributed by atoms with van der Waals surface area (Å²) in [7, 11) is 0. The van der Waals surface area contributed by atoms with E-state index in [-0.39, 0.29) is 0 Å². The minimum atomic E-state index is -0.963. The van der Waals surface area contributed by atoms with Gasteiger partial charge in [0.25, 0.3) is 0 Å². The summed E-state index contributed by atoms with van der Waals surface area (Å²) >= 11 is 0. The Hall–Kier alpha value is -0.120. The molecule has 140 valence electrons. The van der Waals surface area contributed by atoms with Crippen molar-refractivity contribution in [3.63, 3.8) is 0 Å². The summed E-state index contributed by atoms with van der Waals surface area (Å²) in [5.41, 5.74) is 16.7. The molecule has 0 aromatic carbocycles. The van der Waals surface area contributed by atoms with Crippen LogP contribution in [0.4, 0.5) is 0 Å². The van der Waals surface area contributed by atoms with E-state index in [0.717, 1.165) is 12.8 Å². The van der Waals surface area contributed by atoms with Crippen molar-refractivity contribution in [1.29, 1.82) is 0 Å². The molecule has 0 rings (SSSR count). The summed E-state index contributed by atoms with van der Waals surface area (Å²) in [6, 6.07) is 0. The van der Waals surface area contributed by atoms with E-state index in [9.17, 15) is 0 Å². The van der Waals surface area contributed by atoms with Crippen molar-refractivity contribution in [2.24, 2.45) is 17.2 Å². The summed E-state index contributed by atoms with van der Waals surface area (Å²) in [4.78, 5) is 0. The SMILES string of the molecule is CCCCCCCCCCCCCCCCCCCC(N)(N)N. The zero-order valence-electron chi connectivity index (χ0n) is 16.0. The first-order chi connectivity index (χ1) is 11.1. The Morgan fingerprint density at radius 3 is 0.957 bits per heavy atom. The first kappa shape index (κ1) is 22.9. The fourth-order valence-electron chi connectivity index (χ4n) is 3.16. The van der Waals surface area contributed by atoms with E-state index >= 15 is 0 Å². The first-order valence-corrected chi connectivity index (χ1v) is 10.4. The summed E-state index contributed by atoms with van der Waals surface area (Å²) in [6.07, 6.45) is 24.3. The normalized spacial score (nSPS) is 12.0. The standard InChI is InChI=1S/C20H45N3/c1-2-3-4-5-6-7-8-9-10-11-12-13-14-15-16-17-18-19-20(21,22)23/h2-19,21-23H2,1H3. The van der Waals surface area contributed by atoms with E-state index in [1.165, 1.54) is 103 Å². The highest BCUT2D eigenvalue weighted by Crippen LogP contribution is 2.14. The lowest BCUT2D eigenvalue weighted by molar-refractivity contribution is 0.399. The summed E-state index contributed by atoms with van der Waals surface area (Å²) < 4.78 is 0. The molecule has 0 bridgehead atoms. The van der Waals surface area contributed by atoms with Crippen LogP contribution in [0.2, 0.25) is 0 Å². The Bertz CT molecular complexity index is 223. The van der Waals surface area contributed by atoms with Gasteiger partial charge in [-0.05, 0) is 12.8 Å². The van der Waals surface area contributed by atoms with Gasteiger partial charge in [0.15, 0.2) is 0 Å². The molecule has 0 radical (unpaired) electrons. The number of rotatable bonds is 18. The lowest BCUT2D eigenvalue weighted by Gasteiger charge is -2.17. The highest BCUT2D eigenvalue weighted by atomic mass is 15.1. The Morgan fingerprint density at radius 2 is 0.696 bits per heavy atom. The average Bonchev–Trinajstić information content (AvgIpc) is 2.49. The Kier molecular flexibility index (Phi) is 16.6. The van der Waals surface area contributed by atoms with Gasteiger partial charge in [0, 0.05) is 0 Å². The van der Waals surface area contributed by atoms with Gasteiger partial charge in [0.05, 0.1) is 0 Å². The predicted octanol–water partition coefficient (Wildman–Crippen LogP) is 5.56. The van der Waals surface area contributed by atoms with E-state index < -0.39 is 5.79 Å². The van der Waals surface area contributed by atoms with Crippen molar-refractivity contribution in [3.8, 4) is 0 Å². The molecular formula is C20H45N3. The predicted molar refractivity (Wildman–Crippen MR) is 104 cm³/mol. The molecule has 0 aliphatic rings. The smallest absolute Gasteiger partial charge is 0.115 e. The third-order valence-electron chi connectivity index (χ3n) is 4.71. The van der Waals surface area contributed by atoms with Crippen LogP contribution >= 0.6 is 0 Å². The Labute approximate surface area is 146 Å². The molecule has 0 saturated heterocycles. The molecule has 3 nitrogen and oxygen atoms in total. The van der Waals surface area contributed by atoms with Crippen LogP contribution in [0.1, 0.15) is 122 Å². The Balaban J connectivity index is 3.00. The molecule has 0 aliphatic heterocycles. The van der Waals surface area contributed by atoms with Crippen LogP contribution in [0.5, 0.6) is 0 Å². The van der Waals surface area contributed by atoms with Gasteiger partial charge in [-0.2, -0.15) is 0 Å². The van der Waals surface area contributed by atoms with Crippen LogP contribution < -0.4 is 17.2 Å². The average molecular weight is 328 g/mol. The zero-order chi connectivity index (χ0) is 17.2. The third kappa shape index (κ3) is 21.9. The van der Waals surface area contributed by atoms with Crippen LogP contribution in [0.25, 0.3) is 0 Å². The van der Waals surface area contributed by atoms with Gasteiger partial charge in [-0.15, -0.1) is 0 Å². The van der Waals surface area contributed by atoms with Crippen LogP contribution in [0.3, 0.4) is 0 Å². The number of hydrogen-bond donors (Lipinski definition) is 3. The minimum Gasteiger partial charge on any atom is -0.301 e. The van der Waals surface area contributed by atoms with E-state index in [1.54, 1.807) is 0 Å². The maximum Gasteiger partial charge on any atom is 0.115 e. The van der Waals surface area contributed by atoms with Gasteiger partial charge in [0.1, 0.15) is 5.79 Å². The second-order valence-corrected chi connectivity index (χ2v) is 7.52. The molecule has 0 spiro atoms. The Morgan fingerprint density at radius 1 is 0.435 bits per heavy atom. The van der Waals surface area contributed by atoms with Gasteiger partial charge in [-0.25, -0.2) is 0 Å².